The van der Waals surface area contributed by atoms with E-state index in [0.717, 1.165) is 20.5 Å². The first kappa shape index (κ1) is 13.1. The predicted octanol–water partition coefficient (Wildman–Crippen LogP) is 3.87. The number of halogens is 2. The third-order valence-electron chi connectivity index (χ3n) is 2.94. The fraction of sp³-hybridized carbons (Fsp3) is 0. The summed E-state index contributed by atoms with van der Waals surface area (Å²) in [6.45, 7) is 0. The first-order valence-corrected chi connectivity index (χ1v) is 7.09. The molecule has 3 rings (SSSR count). The highest BCUT2D eigenvalue weighted by atomic mass is 127. The molecule has 1 aromatic heterocycles. The van der Waals surface area contributed by atoms with Crippen LogP contribution in [0.5, 0.6) is 0 Å². The number of rotatable bonds is 2. The number of aromatic nitrogens is 2. The highest BCUT2D eigenvalue weighted by Gasteiger charge is 2.11. The van der Waals surface area contributed by atoms with Crippen molar-refractivity contribution in [2.24, 2.45) is 0 Å². The number of nitrogen functional groups attached to an aromatic ring is 1. The molecule has 0 aliphatic carbocycles. The Bertz CT molecular complexity index is 753. The Morgan fingerprint density at radius 3 is 2.50 bits per heavy atom. The average Bonchev–Trinajstić information content (AvgIpc) is 2.81. The Morgan fingerprint density at radius 2 is 1.80 bits per heavy atom. The second-order valence-electron chi connectivity index (χ2n) is 4.33. The molecule has 3 nitrogen and oxygen atoms in total. The highest BCUT2D eigenvalue weighted by Crippen LogP contribution is 2.27. The van der Waals surface area contributed by atoms with E-state index in [-0.39, 0.29) is 5.82 Å². The fourth-order valence-electron chi connectivity index (χ4n) is 2.00. The van der Waals surface area contributed by atoms with Gasteiger partial charge in [0.05, 0.1) is 11.4 Å². The monoisotopic (exact) mass is 379 g/mol. The number of para-hydroxylation sites is 1. The van der Waals surface area contributed by atoms with Gasteiger partial charge in [-0.05, 0) is 52.9 Å². The molecule has 0 atom stereocenters. The van der Waals surface area contributed by atoms with Crippen LogP contribution in [0.4, 0.5) is 10.2 Å². The van der Waals surface area contributed by atoms with E-state index in [2.05, 4.69) is 27.7 Å². The van der Waals surface area contributed by atoms with Crippen molar-refractivity contribution in [3.05, 3.63) is 64.0 Å². The molecule has 0 amide bonds. The van der Waals surface area contributed by atoms with Crippen molar-refractivity contribution in [2.75, 3.05) is 5.73 Å². The van der Waals surface area contributed by atoms with E-state index in [4.69, 9.17) is 5.73 Å². The molecule has 3 aromatic rings. The van der Waals surface area contributed by atoms with Crippen LogP contribution in [0.15, 0.2) is 54.6 Å². The molecule has 0 radical (unpaired) electrons. The maximum absolute atomic E-state index is 13.2. The smallest absolute Gasteiger partial charge is 0.127 e. The molecule has 100 valence electrons. The lowest BCUT2D eigenvalue weighted by Gasteiger charge is -2.03. The maximum atomic E-state index is 13.2. The molecule has 0 aliphatic rings. The van der Waals surface area contributed by atoms with Crippen LogP contribution in [0.3, 0.4) is 0 Å². The predicted molar refractivity (Wildman–Crippen MR) is 86.1 cm³/mol. The normalized spacial score (nSPS) is 10.7. The molecule has 0 fully saturated rings. The summed E-state index contributed by atoms with van der Waals surface area (Å²) in [5.74, 6) is 0.292. The quantitative estimate of drug-likeness (QED) is 0.688. The topological polar surface area (TPSA) is 43.8 Å². The third-order valence-corrected chi connectivity index (χ3v) is 3.84. The van der Waals surface area contributed by atoms with Gasteiger partial charge >= 0.3 is 0 Å². The van der Waals surface area contributed by atoms with Gasteiger partial charge in [-0.1, -0.05) is 18.2 Å². The average molecular weight is 379 g/mol. The standard InChI is InChI=1S/C15H11FIN3/c16-10-6-7-12(13(17)8-10)14-9-15(18)20(19-14)11-4-2-1-3-5-11/h1-9H,18H2. The Labute approximate surface area is 129 Å². The van der Waals surface area contributed by atoms with Gasteiger partial charge in [-0.15, -0.1) is 0 Å². The van der Waals surface area contributed by atoms with Gasteiger partial charge in [0.1, 0.15) is 11.6 Å². The van der Waals surface area contributed by atoms with E-state index in [1.807, 2.05) is 30.3 Å². The van der Waals surface area contributed by atoms with Crippen LogP contribution in [-0.4, -0.2) is 9.78 Å². The van der Waals surface area contributed by atoms with E-state index >= 15 is 0 Å². The molecular weight excluding hydrogens is 368 g/mol. The van der Waals surface area contributed by atoms with Crippen LogP contribution in [-0.2, 0) is 0 Å². The van der Waals surface area contributed by atoms with Crippen molar-refractivity contribution in [3.8, 4) is 16.9 Å². The molecule has 0 unspecified atom stereocenters. The molecule has 0 spiro atoms. The van der Waals surface area contributed by atoms with E-state index < -0.39 is 0 Å². The minimum atomic E-state index is -0.256. The molecule has 0 aliphatic heterocycles. The van der Waals surface area contributed by atoms with E-state index in [1.54, 1.807) is 16.8 Å². The van der Waals surface area contributed by atoms with Crippen LogP contribution in [0.1, 0.15) is 0 Å². The summed E-state index contributed by atoms with van der Waals surface area (Å²) >= 11 is 2.10. The van der Waals surface area contributed by atoms with Crippen molar-refractivity contribution in [1.82, 2.24) is 9.78 Å². The third kappa shape index (κ3) is 2.40. The van der Waals surface area contributed by atoms with Crippen LogP contribution in [0.25, 0.3) is 16.9 Å². The van der Waals surface area contributed by atoms with Crippen LogP contribution in [0.2, 0.25) is 0 Å². The summed E-state index contributed by atoms with van der Waals surface area (Å²) in [7, 11) is 0. The van der Waals surface area contributed by atoms with Crippen molar-refractivity contribution >= 4 is 28.4 Å². The Balaban J connectivity index is 2.09. The van der Waals surface area contributed by atoms with Gasteiger partial charge in [-0.2, -0.15) is 5.10 Å². The van der Waals surface area contributed by atoms with E-state index in [0.29, 0.717) is 5.82 Å². The Morgan fingerprint density at radius 1 is 1.05 bits per heavy atom. The molecule has 20 heavy (non-hydrogen) atoms. The lowest BCUT2D eigenvalue weighted by Crippen LogP contribution is -2.01. The summed E-state index contributed by atoms with van der Waals surface area (Å²) in [5, 5.41) is 4.51. The van der Waals surface area contributed by atoms with Gasteiger partial charge in [0.15, 0.2) is 0 Å². The van der Waals surface area contributed by atoms with Gasteiger partial charge in [-0.3, -0.25) is 0 Å². The second-order valence-corrected chi connectivity index (χ2v) is 5.49. The zero-order valence-corrected chi connectivity index (χ0v) is 12.6. The molecule has 5 heteroatoms. The molecule has 1 heterocycles. The van der Waals surface area contributed by atoms with Crippen molar-refractivity contribution < 1.29 is 4.39 Å². The first-order chi connectivity index (χ1) is 9.65. The van der Waals surface area contributed by atoms with Crippen LogP contribution < -0.4 is 5.73 Å². The maximum Gasteiger partial charge on any atom is 0.127 e. The summed E-state index contributed by atoms with van der Waals surface area (Å²) in [4.78, 5) is 0. The summed E-state index contributed by atoms with van der Waals surface area (Å²) in [5.41, 5.74) is 8.51. The van der Waals surface area contributed by atoms with Crippen molar-refractivity contribution in [3.63, 3.8) is 0 Å². The van der Waals surface area contributed by atoms with E-state index in [9.17, 15) is 4.39 Å². The molecule has 2 N–H and O–H groups in total. The number of hydrogen-bond donors (Lipinski definition) is 1. The van der Waals surface area contributed by atoms with Crippen molar-refractivity contribution in [2.45, 2.75) is 0 Å². The summed E-state index contributed by atoms with van der Waals surface area (Å²) < 4.78 is 15.6. The number of anilines is 1. The number of nitrogens with zero attached hydrogens (tertiary/aromatic N) is 2. The summed E-state index contributed by atoms with van der Waals surface area (Å²) in [6.07, 6.45) is 0. The second kappa shape index (κ2) is 5.24. The Hall–Kier alpha value is -1.89. The molecule has 2 aromatic carbocycles. The van der Waals surface area contributed by atoms with Gasteiger partial charge in [0.25, 0.3) is 0 Å². The molecule has 0 bridgehead atoms. The van der Waals surface area contributed by atoms with Gasteiger partial charge in [0, 0.05) is 15.2 Å². The van der Waals surface area contributed by atoms with Gasteiger partial charge in [0.2, 0.25) is 0 Å². The zero-order valence-electron chi connectivity index (χ0n) is 10.4. The molecule has 0 saturated heterocycles. The van der Waals surface area contributed by atoms with Gasteiger partial charge < -0.3 is 5.73 Å². The van der Waals surface area contributed by atoms with Crippen LogP contribution >= 0.6 is 22.6 Å². The summed E-state index contributed by atoms with van der Waals surface area (Å²) in [6, 6.07) is 16.1. The number of nitrogens with two attached hydrogens (primary N) is 1. The van der Waals surface area contributed by atoms with E-state index in [1.165, 1.54) is 12.1 Å². The zero-order chi connectivity index (χ0) is 14.1. The number of hydrogen-bond acceptors (Lipinski definition) is 2. The lowest BCUT2D eigenvalue weighted by atomic mass is 10.1. The van der Waals surface area contributed by atoms with Crippen molar-refractivity contribution in [1.29, 1.82) is 0 Å². The molecule has 0 saturated carbocycles. The SMILES string of the molecule is Nc1cc(-c2ccc(F)cc2I)nn1-c1ccccc1. The highest BCUT2D eigenvalue weighted by molar-refractivity contribution is 14.1. The van der Waals surface area contributed by atoms with Gasteiger partial charge in [-0.25, -0.2) is 9.07 Å². The van der Waals surface area contributed by atoms with Crippen LogP contribution in [0, 0.1) is 9.39 Å². The first-order valence-electron chi connectivity index (χ1n) is 6.01. The minimum absolute atomic E-state index is 0.256. The number of benzene rings is 2. The largest absolute Gasteiger partial charge is 0.384 e. The molecular formula is C15H11FIN3. The lowest BCUT2D eigenvalue weighted by molar-refractivity contribution is 0.627. The minimum Gasteiger partial charge on any atom is -0.384 e. The Kier molecular flexibility index (Phi) is 3.43. The fourth-order valence-corrected chi connectivity index (χ4v) is 2.75.